The van der Waals surface area contributed by atoms with Crippen LogP contribution in [-0.2, 0) is 4.74 Å². The quantitative estimate of drug-likeness (QED) is 0.409. The number of carbonyl (C=O) groups is 1. The fraction of sp³-hybridized carbons (Fsp3) is 0.250. The van der Waals surface area contributed by atoms with Crippen LogP contribution in [0.5, 0.6) is 0 Å². The van der Waals surface area contributed by atoms with Crippen molar-refractivity contribution in [2.24, 2.45) is 0 Å². The Balaban J connectivity index is 1.88. The highest BCUT2D eigenvalue weighted by Gasteiger charge is 2.18. The third kappa shape index (κ3) is 4.72. The predicted molar refractivity (Wildman–Crippen MR) is 115 cm³/mol. The van der Waals surface area contributed by atoms with E-state index in [1.807, 2.05) is 0 Å². The second kappa shape index (κ2) is 7.94. The summed E-state index contributed by atoms with van der Waals surface area (Å²) < 4.78 is 11.0. The van der Waals surface area contributed by atoms with Gasteiger partial charge in [0.25, 0.3) is 0 Å². The van der Waals surface area contributed by atoms with E-state index < -0.39 is 11.7 Å². The van der Waals surface area contributed by atoms with Gasteiger partial charge in [0.2, 0.25) is 5.89 Å². The lowest BCUT2D eigenvalue weighted by Gasteiger charge is -2.19. The zero-order chi connectivity index (χ0) is 20.5. The molecule has 144 valence electrons. The number of nitrogens with zero attached hydrogens (tertiary/aromatic N) is 2. The standard InChI is InChI=1S/C20H17Br2N3O3/c1-20(2,3)28-19(26)24-13-6-4-12(5-7-13)18-25-15-9-11(10-23)8-14(17(21)22)16(15)27-18/h4-9,17H,1-3H3,(H,24,26). The Morgan fingerprint density at radius 3 is 2.50 bits per heavy atom. The number of hydrogen-bond donors (Lipinski definition) is 1. The number of anilines is 1. The molecule has 6 nitrogen and oxygen atoms in total. The maximum absolute atomic E-state index is 11.9. The van der Waals surface area contributed by atoms with E-state index in [0.717, 1.165) is 11.1 Å². The number of halogens is 2. The molecule has 1 heterocycles. The fourth-order valence-corrected chi connectivity index (χ4v) is 3.21. The maximum atomic E-state index is 11.9. The first-order valence-corrected chi connectivity index (χ1v) is 10.2. The molecule has 1 aromatic heterocycles. The molecule has 0 saturated heterocycles. The predicted octanol–water partition coefficient (Wildman–Crippen LogP) is 6.50. The van der Waals surface area contributed by atoms with Crippen molar-refractivity contribution in [3.05, 3.63) is 47.5 Å². The maximum Gasteiger partial charge on any atom is 0.412 e. The number of amides is 1. The third-order valence-corrected chi connectivity index (χ3v) is 4.65. The van der Waals surface area contributed by atoms with Crippen LogP contribution in [0.25, 0.3) is 22.6 Å². The number of hydrogen-bond acceptors (Lipinski definition) is 5. The SMILES string of the molecule is CC(C)(C)OC(=O)Nc1ccc(-c2nc3cc(C#N)cc(C(Br)Br)c3o2)cc1. The minimum absolute atomic E-state index is 0.169. The average Bonchev–Trinajstić information content (AvgIpc) is 3.03. The zero-order valence-corrected chi connectivity index (χ0v) is 18.6. The molecular formula is C20H17Br2N3O3. The summed E-state index contributed by atoms with van der Waals surface area (Å²) in [7, 11) is 0. The summed E-state index contributed by atoms with van der Waals surface area (Å²) in [6, 6.07) is 12.6. The first-order chi connectivity index (χ1) is 13.2. The molecule has 0 atom stereocenters. The molecule has 0 aliphatic rings. The first kappa shape index (κ1) is 20.4. The van der Waals surface area contributed by atoms with Crippen LogP contribution in [0.2, 0.25) is 0 Å². The van der Waals surface area contributed by atoms with Crippen molar-refractivity contribution in [2.75, 3.05) is 5.32 Å². The summed E-state index contributed by atoms with van der Waals surface area (Å²) in [4.78, 5) is 16.4. The Labute approximate surface area is 179 Å². The minimum atomic E-state index is -0.565. The van der Waals surface area contributed by atoms with Gasteiger partial charge in [-0.2, -0.15) is 5.26 Å². The molecule has 0 unspecified atom stereocenters. The van der Waals surface area contributed by atoms with Crippen LogP contribution >= 0.6 is 31.9 Å². The number of alkyl halides is 2. The molecule has 0 fully saturated rings. The van der Waals surface area contributed by atoms with E-state index in [1.165, 1.54) is 0 Å². The Morgan fingerprint density at radius 2 is 1.93 bits per heavy atom. The minimum Gasteiger partial charge on any atom is -0.444 e. The van der Waals surface area contributed by atoms with Gasteiger partial charge in [0.15, 0.2) is 5.58 Å². The van der Waals surface area contributed by atoms with Crippen LogP contribution in [-0.4, -0.2) is 16.7 Å². The number of nitriles is 1. The molecule has 3 aromatic rings. The Morgan fingerprint density at radius 1 is 1.25 bits per heavy atom. The molecular weight excluding hydrogens is 490 g/mol. The number of fused-ring (bicyclic) bond motifs is 1. The van der Waals surface area contributed by atoms with E-state index in [0.29, 0.717) is 28.2 Å². The molecule has 28 heavy (non-hydrogen) atoms. The first-order valence-electron chi connectivity index (χ1n) is 8.39. The molecule has 3 rings (SSSR count). The third-order valence-electron chi connectivity index (χ3n) is 3.66. The van der Waals surface area contributed by atoms with Crippen LogP contribution in [0.15, 0.2) is 40.8 Å². The zero-order valence-electron chi connectivity index (χ0n) is 15.4. The normalized spacial score (nSPS) is 11.5. The van der Waals surface area contributed by atoms with Gasteiger partial charge in [0, 0.05) is 16.8 Å². The summed E-state index contributed by atoms with van der Waals surface area (Å²) in [6.45, 7) is 5.41. The molecule has 1 N–H and O–H groups in total. The highest BCUT2D eigenvalue weighted by atomic mass is 79.9. The van der Waals surface area contributed by atoms with Crippen molar-refractivity contribution in [2.45, 2.75) is 30.1 Å². The van der Waals surface area contributed by atoms with Gasteiger partial charge in [-0.3, -0.25) is 5.32 Å². The highest BCUT2D eigenvalue weighted by Crippen LogP contribution is 2.37. The van der Waals surface area contributed by atoms with Crippen LogP contribution in [0, 0.1) is 11.3 Å². The van der Waals surface area contributed by atoms with E-state index >= 15 is 0 Å². The summed E-state index contributed by atoms with van der Waals surface area (Å²) in [5.74, 6) is 0.427. The van der Waals surface area contributed by atoms with Gasteiger partial charge in [-0.05, 0) is 57.2 Å². The van der Waals surface area contributed by atoms with Crippen molar-refractivity contribution in [3.63, 3.8) is 0 Å². The summed E-state index contributed by atoms with van der Waals surface area (Å²) in [6.07, 6.45) is -0.517. The van der Waals surface area contributed by atoms with Crippen molar-refractivity contribution in [1.82, 2.24) is 4.98 Å². The number of ether oxygens (including phenoxy) is 1. The molecule has 0 aliphatic carbocycles. The van der Waals surface area contributed by atoms with Crippen molar-refractivity contribution in [1.29, 1.82) is 5.26 Å². The molecule has 0 aliphatic heterocycles. The number of rotatable bonds is 3. The Bertz CT molecular complexity index is 1060. The van der Waals surface area contributed by atoms with Crippen molar-refractivity contribution < 1.29 is 13.9 Å². The van der Waals surface area contributed by atoms with E-state index in [4.69, 9.17) is 9.15 Å². The Hall–Kier alpha value is -2.37. The summed E-state index contributed by atoms with van der Waals surface area (Å²) in [5.41, 5.74) is 3.27. The second-order valence-electron chi connectivity index (χ2n) is 7.05. The van der Waals surface area contributed by atoms with Crippen molar-refractivity contribution in [3.8, 4) is 17.5 Å². The monoisotopic (exact) mass is 505 g/mol. The Kier molecular flexibility index (Phi) is 5.77. The lowest BCUT2D eigenvalue weighted by molar-refractivity contribution is 0.0636. The van der Waals surface area contributed by atoms with Crippen LogP contribution in [0.3, 0.4) is 0 Å². The number of nitrogens with one attached hydrogen (secondary N) is 1. The van der Waals surface area contributed by atoms with Gasteiger partial charge in [0.1, 0.15) is 11.1 Å². The van der Waals surface area contributed by atoms with Gasteiger partial charge >= 0.3 is 6.09 Å². The molecule has 0 radical (unpaired) electrons. The molecule has 0 saturated carbocycles. The van der Waals surface area contributed by atoms with Crippen LogP contribution in [0.1, 0.15) is 35.6 Å². The molecule has 0 spiro atoms. The lowest BCUT2D eigenvalue weighted by Crippen LogP contribution is -2.27. The van der Waals surface area contributed by atoms with Crippen LogP contribution in [0.4, 0.5) is 10.5 Å². The van der Waals surface area contributed by atoms with Gasteiger partial charge in [-0.1, -0.05) is 31.9 Å². The second-order valence-corrected chi connectivity index (χ2v) is 10.1. The van der Waals surface area contributed by atoms with E-state index in [9.17, 15) is 10.1 Å². The molecule has 8 heteroatoms. The molecule has 0 bridgehead atoms. The van der Waals surface area contributed by atoms with E-state index in [-0.39, 0.29) is 3.74 Å². The average molecular weight is 507 g/mol. The van der Waals surface area contributed by atoms with Gasteiger partial charge in [0.05, 0.1) is 15.4 Å². The van der Waals surface area contributed by atoms with Crippen molar-refractivity contribution >= 4 is 54.7 Å². The molecule has 1 amide bonds. The lowest BCUT2D eigenvalue weighted by atomic mass is 10.1. The fourth-order valence-electron chi connectivity index (χ4n) is 2.53. The van der Waals surface area contributed by atoms with E-state index in [1.54, 1.807) is 57.2 Å². The number of aromatic nitrogens is 1. The van der Waals surface area contributed by atoms with Gasteiger partial charge in [-0.25, -0.2) is 9.78 Å². The number of oxazole rings is 1. The molecule has 2 aromatic carbocycles. The number of benzene rings is 2. The number of carbonyl (C=O) groups excluding carboxylic acids is 1. The van der Waals surface area contributed by atoms with E-state index in [2.05, 4.69) is 48.2 Å². The van der Waals surface area contributed by atoms with Gasteiger partial charge in [-0.15, -0.1) is 0 Å². The topological polar surface area (TPSA) is 88.1 Å². The van der Waals surface area contributed by atoms with Gasteiger partial charge < -0.3 is 9.15 Å². The summed E-state index contributed by atoms with van der Waals surface area (Å²) in [5, 5.41) is 11.9. The largest absolute Gasteiger partial charge is 0.444 e. The highest BCUT2D eigenvalue weighted by molar-refractivity contribution is 9.24. The van der Waals surface area contributed by atoms with Crippen LogP contribution < -0.4 is 5.32 Å². The summed E-state index contributed by atoms with van der Waals surface area (Å²) >= 11 is 6.91. The smallest absolute Gasteiger partial charge is 0.412 e.